The van der Waals surface area contributed by atoms with E-state index in [1.165, 1.54) is 6.33 Å². The Bertz CT molecular complexity index is 483. The van der Waals surface area contributed by atoms with Gasteiger partial charge in [0, 0.05) is 14.1 Å². The normalized spacial score (nSPS) is 10.6. The van der Waals surface area contributed by atoms with E-state index in [1.807, 2.05) is 14.1 Å². The van der Waals surface area contributed by atoms with E-state index in [2.05, 4.69) is 15.0 Å². The Balaban J connectivity index is 2.83. The van der Waals surface area contributed by atoms with Crippen LogP contribution in [0.5, 0.6) is 0 Å². The minimum absolute atomic E-state index is 0.217. The molecule has 68 valence electrons. The number of nitrogens with zero attached hydrogens (tertiary/aromatic N) is 4. The van der Waals surface area contributed by atoms with E-state index in [-0.39, 0.29) is 5.56 Å². The molecular weight excluding hydrogens is 170 g/mol. The molecule has 2 aromatic rings. The Morgan fingerprint density at radius 2 is 2.23 bits per heavy atom. The van der Waals surface area contributed by atoms with Crippen LogP contribution in [0.2, 0.25) is 0 Å². The topological polar surface area (TPSA) is 66.8 Å². The highest BCUT2D eigenvalue weighted by atomic mass is 16.1. The number of imidazole rings is 1. The Morgan fingerprint density at radius 3 is 2.92 bits per heavy atom. The third-order valence-electron chi connectivity index (χ3n) is 1.75. The fourth-order valence-electron chi connectivity index (χ4n) is 1.13. The molecule has 0 amide bonds. The summed E-state index contributed by atoms with van der Waals surface area (Å²) in [4.78, 5) is 21.7. The molecule has 0 bridgehead atoms. The second-order valence-corrected chi connectivity index (χ2v) is 2.84. The zero-order valence-corrected chi connectivity index (χ0v) is 7.35. The van der Waals surface area contributed by atoms with Gasteiger partial charge in [-0.25, -0.2) is 14.6 Å². The molecule has 0 saturated heterocycles. The van der Waals surface area contributed by atoms with Crippen molar-refractivity contribution in [3.05, 3.63) is 23.0 Å². The van der Waals surface area contributed by atoms with Crippen molar-refractivity contribution in [2.45, 2.75) is 0 Å². The minimum Gasteiger partial charge on any atom is -0.316 e. The summed E-state index contributed by atoms with van der Waals surface area (Å²) in [6.07, 6.45) is 2.93. The van der Waals surface area contributed by atoms with Gasteiger partial charge in [0.15, 0.2) is 11.2 Å². The predicted molar refractivity (Wildman–Crippen MR) is 48.2 cm³/mol. The van der Waals surface area contributed by atoms with Crippen LogP contribution in [-0.4, -0.2) is 33.7 Å². The van der Waals surface area contributed by atoms with Crippen LogP contribution in [-0.2, 0) is 0 Å². The van der Waals surface area contributed by atoms with E-state index in [9.17, 15) is 4.79 Å². The lowest BCUT2D eigenvalue weighted by atomic mass is 10.5. The van der Waals surface area contributed by atoms with Crippen molar-refractivity contribution in [1.82, 2.24) is 19.6 Å². The van der Waals surface area contributed by atoms with Gasteiger partial charge in [0.1, 0.15) is 6.33 Å². The summed E-state index contributed by atoms with van der Waals surface area (Å²) in [7, 11) is 3.70. The smallest absolute Gasteiger partial charge is 0.278 e. The first-order chi connectivity index (χ1) is 6.20. The van der Waals surface area contributed by atoms with E-state index in [4.69, 9.17) is 0 Å². The molecule has 0 saturated carbocycles. The maximum Gasteiger partial charge on any atom is 0.278 e. The number of hydrogen-bond donors (Lipinski definition) is 1. The van der Waals surface area contributed by atoms with Crippen LogP contribution < -0.4 is 10.6 Å². The molecule has 1 N–H and O–H groups in total. The third-order valence-corrected chi connectivity index (χ3v) is 1.75. The zero-order chi connectivity index (χ0) is 9.42. The van der Waals surface area contributed by atoms with Crippen LogP contribution in [0.3, 0.4) is 0 Å². The molecule has 0 aliphatic heterocycles. The van der Waals surface area contributed by atoms with E-state index in [0.717, 1.165) is 0 Å². The molecule has 13 heavy (non-hydrogen) atoms. The first-order valence-corrected chi connectivity index (χ1v) is 3.78. The van der Waals surface area contributed by atoms with Crippen molar-refractivity contribution in [1.29, 1.82) is 0 Å². The van der Waals surface area contributed by atoms with Crippen molar-refractivity contribution in [2.24, 2.45) is 0 Å². The average molecular weight is 179 g/mol. The van der Waals surface area contributed by atoms with Gasteiger partial charge < -0.3 is 9.99 Å². The van der Waals surface area contributed by atoms with Crippen LogP contribution >= 0.6 is 0 Å². The van der Waals surface area contributed by atoms with Crippen LogP contribution in [0, 0.1) is 0 Å². The van der Waals surface area contributed by atoms with Gasteiger partial charge in [-0.05, 0) is 0 Å². The van der Waals surface area contributed by atoms with E-state index in [0.29, 0.717) is 11.2 Å². The van der Waals surface area contributed by atoms with Crippen molar-refractivity contribution in [3.63, 3.8) is 0 Å². The Labute approximate surface area is 73.8 Å². The van der Waals surface area contributed by atoms with Crippen LogP contribution in [0.4, 0.5) is 0 Å². The highest BCUT2D eigenvalue weighted by Gasteiger charge is 2.06. The van der Waals surface area contributed by atoms with Crippen LogP contribution in [0.15, 0.2) is 17.4 Å². The van der Waals surface area contributed by atoms with Crippen molar-refractivity contribution in [3.8, 4) is 0 Å². The predicted octanol–water partition coefficient (Wildman–Crippen LogP) is -0.683. The molecule has 2 heterocycles. The van der Waals surface area contributed by atoms with E-state index < -0.39 is 0 Å². The molecule has 0 aliphatic carbocycles. The second kappa shape index (κ2) is 2.58. The lowest BCUT2D eigenvalue weighted by Gasteiger charge is -2.12. The fraction of sp³-hybridized carbons (Fsp3) is 0.286. The van der Waals surface area contributed by atoms with Crippen molar-refractivity contribution >= 4 is 11.2 Å². The molecule has 2 aromatic heterocycles. The Hall–Kier alpha value is -1.85. The lowest BCUT2D eigenvalue weighted by Crippen LogP contribution is -2.24. The number of H-pyrrole nitrogens is 1. The van der Waals surface area contributed by atoms with E-state index >= 15 is 0 Å². The standard InChI is InChI=1S/C7H9N5O/c1-11(2)12-4-10-5-6(12)8-3-9-7(5)13/h3-4H,1-2H3,(H,8,9,13). The third kappa shape index (κ3) is 1.07. The van der Waals surface area contributed by atoms with Gasteiger partial charge in [0.05, 0.1) is 6.33 Å². The molecule has 0 atom stereocenters. The van der Waals surface area contributed by atoms with Crippen molar-refractivity contribution in [2.75, 3.05) is 19.1 Å². The summed E-state index contributed by atoms with van der Waals surface area (Å²) in [6, 6.07) is 0. The van der Waals surface area contributed by atoms with Gasteiger partial charge in [0.2, 0.25) is 0 Å². The van der Waals surface area contributed by atoms with Gasteiger partial charge in [-0.2, -0.15) is 0 Å². The first kappa shape index (κ1) is 7.78. The van der Waals surface area contributed by atoms with Crippen LogP contribution in [0.25, 0.3) is 11.2 Å². The number of aromatic amines is 1. The van der Waals surface area contributed by atoms with Gasteiger partial charge in [-0.15, -0.1) is 0 Å². The summed E-state index contributed by atoms with van der Waals surface area (Å²) < 4.78 is 1.70. The molecule has 0 radical (unpaired) electrons. The monoisotopic (exact) mass is 179 g/mol. The number of aromatic nitrogens is 4. The summed E-state index contributed by atoms with van der Waals surface area (Å²) >= 11 is 0. The largest absolute Gasteiger partial charge is 0.316 e. The molecule has 0 aliphatic rings. The molecule has 0 spiro atoms. The second-order valence-electron chi connectivity index (χ2n) is 2.84. The Morgan fingerprint density at radius 1 is 1.46 bits per heavy atom. The number of fused-ring (bicyclic) bond motifs is 1. The van der Waals surface area contributed by atoms with Crippen molar-refractivity contribution < 1.29 is 0 Å². The summed E-state index contributed by atoms with van der Waals surface area (Å²) in [5, 5.41) is 1.79. The fourth-order valence-corrected chi connectivity index (χ4v) is 1.13. The summed E-state index contributed by atoms with van der Waals surface area (Å²) in [5.74, 6) is 0. The highest BCUT2D eigenvalue weighted by Crippen LogP contribution is 2.01. The molecule has 0 aromatic carbocycles. The van der Waals surface area contributed by atoms with E-state index in [1.54, 1.807) is 16.0 Å². The summed E-state index contributed by atoms with van der Waals surface area (Å²) in [5.41, 5.74) is 0.704. The summed E-state index contributed by atoms with van der Waals surface area (Å²) in [6.45, 7) is 0. The van der Waals surface area contributed by atoms with Gasteiger partial charge in [-0.3, -0.25) is 4.79 Å². The minimum atomic E-state index is -0.217. The molecule has 0 fully saturated rings. The number of hydrogen-bond acceptors (Lipinski definition) is 4. The zero-order valence-electron chi connectivity index (χ0n) is 7.35. The molecule has 6 nitrogen and oxygen atoms in total. The highest BCUT2D eigenvalue weighted by molar-refractivity contribution is 5.69. The lowest BCUT2D eigenvalue weighted by molar-refractivity contribution is 0.745. The maximum atomic E-state index is 11.2. The molecule has 2 rings (SSSR count). The number of nitrogens with one attached hydrogen (secondary N) is 1. The molecular formula is C7H9N5O. The average Bonchev–Trinajstić information content (AvgIpc) is 2.48. The maximum absolute atomic E-state index is 11.2. The van der Waals surface area contributed by atoms with Gasteiger partial charge >= 0.3 is 0 Å². The molecule has 0 unspecified atom stereocenters. The SMILES string of the molecule is CN(C)n1cnc2c(=O)[nH]cnc21. The van der Waals surface area contributed by atoms with Gasteiger partial charge in [0.25, 0.3) is 5.56 Å². The number of rotatable bonds is 1. The Kier molecular flexibility index (Phi) is 1.54. The first-order valence-electron chi connectivity index (χ1n) is 3.78. The quantitative estimate of drug-likeness (QED) is 0.629. The van der Waals surface area contributed by atoms with Gasteiger partial charge in [-0.1, -0.05) is 0 Å². The molecule has 6 heteroatoms. The van der Waals surface area contributed by atoms with Crippen LogP contribution in [0.1, 0.15) is 0 Å².